The van der Waals surface area contributed by atoms with Gasteiger partial charge in [0.2, 0.25) is 0 Å². The topological polar surface area (TPSA) is 315 Å². The van der Waals surface area contributed by atoms with Crippen molar-refractivity contribution < 1.29 is 0 Å². The molecule has 27 N–H and O–H groups in total. The van der Waals surface area contributed by atoms with E-state index in [1.54, 1.807) is 0 Å². The number of hydrogen-bond donors (Lipinski definition) is 9. The van der Waals surface area contributed by atoms with Crippen LogP contribution in [0.3, 0.4) is 0 Å². The second kappa shape index (κ2) is 461. The molecule has 0 aliphatic rings. The van der Waals surface area contributed by atoms with E-state index in [0.29, 0.717) is 0 Å². The van der Waals surface area contributed by atoms with Gasteiger partial charge < -0.3 is 55.4 Å². The second-order valence-electron chi connectivity index (χ2n) is 0. The molecule has 0 aromatic rings. The first-order valence-electron chi connectivity index (χ1n) is 0. The Balaban J connectivity index is 0. The van der Waals surface area contributed by atoms with E-state index in [4.69, 9.17) is 0 Å². The normalized spacial score (nSPS) is 0. The third-order valence-corrected chi connectivity index (χ3v) is 0. The van der Waals surface area contributed by atoms with E-state index in [2.05, 4.69) is 0 Å². The molecule has 0 rings (SSSR count). The Morgan fingerprint density at radius 3 is 0.273 bits per heavy atom. The van der Waals surface area contributed by atoms with Gasteiger partial charge >= 0.3 is 0 Å². The molecule has 0 amide bonds. The molecule has 0 atom stereocenters. The van der Waals surface area contributed by atoms with Gasteiger partial charge in [-0.3, -0.25) is 0 Å². The molecule has 9 nitrogen and oxygen atoms in total. The van der Waals surface area contributed by atoms with Crippen LogP contribution in [0.4, 0.5) is 0 Å². The van der Waals surface area contributed by atoms with Gasteiger partial charge in [0.05, 0.1) is 0 Å². The third kappa shape index (κ3) is 379. The van der Waals surface area contributed by atoms with Crippen molar-refractivity contribution in [2.75, 3.05) is 0 Å². The zero-order valence-electron chi connectivity index (χ0n) is 7.81. The molecule has 0 saturated carbocycles. The van der Waals surface area contributed by atoms with Crippen LogP contribution in [-0.2, 0) is 0 Å². The molecule has 0 fully saturated rings. The van der Waals surface area contributed by atoms with E-state index in [9.17, 15) is 0 Å². The van der Waals surface area contributed by atoms with Crippen LogP contribution in [0.5, 0.6) is 0 Å². The van der Waals surface area contributed by atoms with Crippen LogP contribution in [0.1, 0.15) is 0 Å². The van der Waals surface area contributed by atoms with Gasteiger partial charge in [0.1, 0.15) is 0 Å². The summed E-state index contributed by atoms with van der Waals surface area (Å²) in [5.74, 6) is 0. The largest absolute Gasteiger partial charge is 0.344 e. The van der Waals surface area contributed by atoms with Crippen molar-refractivity contribution in [2.45, 2.75) is 0 Å². The Hall–Kier alpha value is 1.71. The Morgan fingerprint density at radius 2 is 0.273 bits per heavy atom. The molecule has 78 valence electrons. The summed E-state index contributed by atoms with van der Waals surface area (Å²) in [4.78, 5) is 0. The summed E-state index contributed by atoms with van der Waals surface area (Å²) in [5.41, 5.74) is 0. The van der Waals surface area contributed by atoms with E-state index < -0.39 is 0 Å². The Bertz CT molecular complexity index is 9.52. The summed E-state index contributed by atoms with van der Waals surface area (Å²) in [6.07, 6.45) is 0. The molecule has 0 heterocycles. The predicted molar refractivity (Wildman–Crippen MR) is 57.9 cm³/mol. The zero-order valence-corrected chi connectivity index (χ0v) is 11.8. The predicted octanol–water partition coefficient (Wildman–Crippen LogP) is 1.94. The standard InChI is InChI=1S/K.9H3N.P/h;9*1H3;. The minimum absolute atomic E-state index is 0. The van der Waals surface area contributed by atoms with Crippen molar-refractivity contribution in [1.82, 2.24) is 55.4 Å². The molecular weight excluding hydrogens is 196 g/mol. The molecule has 0 saturated heterocycles. The maximum Gasteiger partial charge on any atom is 0 e. The minimum atomic E-state index is 0. The quantitative estimate of drug-likeness (QED) is 0.213. The van der Waals surface area contributed by atoms with Gasteiger partial charge in [0.15, 0.2) is 0 Å². The van der Waals surface area contributed by atoms with E-state index in [1.165, 1.54) is 0 Å². The van der Waals surface area contributed by atoms with Crippen molar-refractivity contribution in [3.05, 3.63) is 0 Å². The summed E-state index contributed by atoms with van der Waals surface area (Å²) < 4.78 is 0. The first-order chi connectivity index (χ1) is 0. The molecule has 0 aliphatic heterocycles. The van der Waals surface area contributed by atoms with Crippen molar-refractivity contribution in [1.29, 1.82) is 0 Å². The van der Waals surface area contributed by atoms with Crippen LogP contribution in [-0.4, -0.2) is 51.4 Å². The molecule has 11 heavy (non-hydrogen) atoms. The van der Waals surface area contributed by atoms with Gasteiger partial charge in [-0.05, 0) is 0 Å². The third-order valence-electron chi connectivity index (χ3n) is 0. The fraction of sp³-hybridized carbons (Fsp3) is 0. The maximum absolute atomic E-state index is 0. The van der Waals surface area contributed by atoms with Gasteiger partial charge in [-0.25, -0.2) is 0 Å². The fourth-order valence-corrected chi connectivity index (χ4v) is 0. The van der Waals surface area contributed by atoms with E-state index >= 15 is 0 Å². The van der Waals surface area contributed by atoms with E-state index in [0.717, 1.165) is 0 Å². The summed E-state index contributed by atoms with van der Waals surface area (Å²) in [6, 6.07) is 0. The SMILES string of the molecule is N.N.N.N.N.N.N.N.N.[K].[P]. The smallest absolute Gasteiger partial charge is 0 e. The summed E-state index contributed by atoms with van der Waals surface area (Å²) in [6.45, 7) is 0. The average Bonchev–Trinajstić information content (AvgIpc) is 0. The zero-order chi connectivity index (χ0) is 0. The molecule has 0 aliphatic carbocycles. The Labute approximate surface area is 115 Å². The average molecular weight is 223 g/mol. The van der Waals surface area contributed by atoms with Crippen molar-refractivity contribution in [3.63, 3.8) is 0 Å². The number of rotatable bonds is 0. The summed E-state index contributed by atoms with van der Waals surface area (Å²) in [5, 5.41) is 0. The van der Waals surface area contributed by atoms with Crippen LogP contribution in [0, 0.1) is 0 Å². The molecule has 4 radical (unpaired) electrons. The van der Waals surface area contributed by atoms with Crippen molar-refractivity contribution in [3.8, 4) is 0 Å². The van der Waals surface area contributed by atoms with Gasteiger partial charge in [-0.1, -0.05) is 0 Å². The van der Waals surface area contributed by atoms with Gasteiger partial charge in [-0.2, -0.15) is 0 Å². The Morgan fingerprint density at radius 1 is 0.273 bits per heavy atom. The van der Waals surface area contributed by atoms with E-state index in [-0.39, 0.29) is 117 Å². The second-order valence-corrected chi connectivity index (χ2v) is 0. The van der Waals surface area contributed by atoms with Crippen LogP contribution in [0.15, 0.2) is 0 Å². The molecule has 0 aromatic heterocycles. The first-order valence-corrected chi connectivity index (χ1v) is 0. The van der Waals surface area contributed by atoms with Gasteiger partial charge in [0, 0.05) is 61.3 Å². The molecule has 0 bridgehead atoms. The molecule has 0 spiro atoms. The van der Waals surface area contributed by atoms with Gasteiger partial charge in [0.25, 0.3) is 0 Å². The fourth-order valence-electron chi connectivity index (χ4n) is 0. The van der Waals surface area contributed by atoms with E-state index in [1.807, 2.05) is 0 Å². The van der Waals surface area contributed by atoms with Crippen LogP contribution < -0.4 is 55.4 Å². The number of hydrogen-bond acceptors (Lipinski definition) is 9. The van der Waals surface area contributed by atoms with Crippen LogP contribution in [0.2, 0.25) is 0 Å². The summed E-state index contributed by atoms with van der Waals surface area (Å²) >= 11 is 0. The first kappa shape index (κ1) is 598. The molecular formula is H27KN9P. The summed E-state index contributed by atoms with van der Waals surface area (Å²) in [7, 11) is 0. The van der Waals surface area contributed by atoms with Crippen molar-refractivity contribution >= 4 is 61.3 Å². The molecule has 0 aromatic carbocycles. The minimum Gasteiger partial charge on any atom is -0.344 e. The van der Waals surface area contributed by atoms with Crippen LogP contribution in [0.25, 0.3) is 0 Å². The monoisotopic (exact) mass is 223 g/mol. The maximum atomic E-state index is 0. The Kier molecular flexibility index (Phi) is 25100. The molecule has 11 heteroatoms. The van der Waals surface area contributed by atoms with Gasteiger partial charge in [-0.15, -0.1) is 0 Å². The molecule has 0 unspecified atom stereocenters. The van der Waals surface area contributed by atoms with Crippen molar-refractivity contribution in [2.24, 2.45) is 0 Å². The van der Waals surface area contributed by atoms with Crippen LogP contribution >= 0.6 is 9.90 Å².